The predicted molar refractivity (Wildman–Crippen MR) is 65.0 cm³/mol. The fourth-order valence-electron chi connectivity index (χ4n) is 1.27. The summed E-state index contributed by atoms with van der Waals surface area (Å²) in [5, 5.41) is 0.903. The molecule has 1 aromatic rings. The zero-order chi connectivity index (χ0) is 11.3. The van der Waals surface area contributed by atoms with E-state index < -0.39 is 0 Å². The van der Waals surface area contributed by atoms with Crippen molar-refractivity contribution in [2.45, 2.75) is 13.8 Å². The number of rotatable bonds is 5. The van der Waals surface area contributed by atoms with Gasteiger partial charge >= 0.3 is 0 Å². The smallest absolute Gasteiger partial charge is 0.228 e. The molecule has 84 valence electrons. The van der Waals surface area contributed by atoms with Crippen molar-refractivity contribution in [2.24, 2.45) is 0 Å². The SMILES string of the molecule is CCN(CCBr)c1nc(C)cc(OC)n1. The number of aromatic nitrogens is 2. The molecule has 0 aromatic carbocycles. The molecule has 1 rings (SSSR count). The van der Waals surface area contributed by atoms with Gasteiger partial charge in [0, 0.05) is 30.2 Å². The lowest BCUT2D eigenvalue weighted by Crippen LogP contribution is -2.27. The van der Waals surface area contributed by atoms with Crippen LogP contribution in [0.5, 0.6) is 5.88 Å². The Balaban J connectivity index is 2.95. The predicted octanol–water partition coefficient (Wildman–Crippen LogP) is 2.01. The van der Waals surface area contributed by atoms with Crippen molar-refractivity contribution in [1.82, 2.24) is 9.97 Å². The number of hydrogen-bond donors (Lipinski definition) is 0. The van der Waals surface area contributed by atoms with Gasteiger partial charge in [-0.15, -0.1) is 0 Å². The first-order chi connectivity index (χ1) is 7.21. The van der Waals surface area contributed by atoms with Gasteiger partial charge in [-0.3, -0.25) is 0 Å². The molecule has 0 fully saturated rings. The summed E-state index contributed by atoms with van der Waals surface area (Å²) in [4.78, 5) is 10.8. The van der Waals surface area contributed by atoms with Gasteiger partial charge in [0.05, 0.1) is 7.11 Å². The molecule has 0 aliphatic carbocycles. The number of halogens is 1. The molecule has 5 heteroatoms. The number of nitrogens with zero attached hydrogens (tertiary/aromatic N) is 3. The summed E-state index contributed by atoms with van der Waals surface area (Å²) in [6.07, 6.45) is 0. The molecule has 0 unspecified atom stereocenters. The lowest BCUT2D eigenvalue weighted by Gasteiger charge is -2.20. The van der Waals surface area contributed by atoms with Crippen LogP contribution in [0, 0.1) is 6.92 Å². The van der Waals surface area contributed by atoms with E-state index in [9.17, 15) is 0 Å². The van der Waals surface area contributed by atoms with Gasteiger partial charge in [-0.25, -0.2) is 4.98 Å². The first-order valence-electron chi connectivity index (χ1n) is 4.91. The molecular weight excluding hydrogens is 258 g/mol. The van der Waals surface area contributed by atoms with Crippen molar-refractivity contribution in [3.63, 3.8) is 0 Å². The molecule has 0 saturated heterocycles. The highest BCUT2D eigenvalue weighted by Gasteiger charge is 2.08. The fraction of sp³-hybridized carbons (Fsp3) is 0.600. The highest BCUT2D eigenvalue weighted by atomic mass is 79.9. The Morgan fingerprint density at radius 2 is 2.20 bits per heavy atom. The minimum Gasteiger partial charge on any atom is -0.481 e. The second-order valence-electron chi connectivity index (χ2n) is 3.12. The van der Waals surface area contributed by atoms with Gasteiger partial charge in [-0.1, -0.05) is 15.9 Å². The van der Waals surface area contributed by atoms with Crippen molar-refractivity contribution >= 4 is 21.9 Å². The molecule has 0 aliphatic heterocycles. The van der Waals surface area contributed by atoms with Crippen molar-refractivity contribution in [2.75, 3.05) is 30.4 Å². The van der Waals surface area contributed by atoms with Crippen LogP contribution < -0.4 is 9.64 Å². The molecule has 0 N–H and O–H groups in total. The van der Waals surface area contributed by atoms with Crippen LogP contribution in [-0.2, 0) is 0 Å². The quantitative estimate of drug-likeness (QED) is 0.770. The van der Waals surface area contributed by atoms with E-state index in [-0.39, 0.29) is 0 Å². The molecule has 0 spiro atoms. The molecule has 0 bridgehead atoms. The van der Waals surface area contributed by atoms with Crippen LogP contribution in [0.2, 0.25) is 0 Å². The topological polar surface area (TPSA) is 38.2 Å². The third kappa shape index (κ3) is 3.34. The molecular formula is C10H16BrN3O. The molecule has 0 amide bonds. The van der Waals surface area contributed by atoms with Crippen molar-refractivity contribution in [3.05, 3.63) is 11.8 Å². The van der Waals surface area contributed by atoms with E-state index in [1.54, 1.807) is 7.11 Å². The van der Waals surface area contributed by atoms with Gasteiger partial charge in [-0.2, -0.15) is 4.98 Å². The van der Waals surface area contributed by atoms with Crippen LogP contribution >= 0.6 is 15.9 Å². The van der Waals surface area contributed by atoms with Crippen molar-refractivity contribution in [1.29, 1.82) is 0 Å². The zero-order valence-electron chi connectivity index (χ0n) is 9.33. The standard InChI is InChI=1S/C10H16BrN3O/c1-4-14(6-5-11)10-12-8(2)7-9(13-10)15-3/h7H,4-6H2,1-3H3. The van der Waals surface area contributed by atoms with Crippen LogP contribution in [0.4, 0.5) is 5.95 Å². The summed E-state index contributed by atoms with van der Waals surface area (Å²) in [7, 11) is 1.62. The summed E-state index contributed by atoms with van der Waals surface area (Å²) in [5.74, 6) is 1.35. The Hall–Kier alpha value is -0.840. The van der Waals surface area contributed by atoms with Gasteiger partial charge in [0.25, 0.3) is 0 Å². The number of alkyl halides is 1. The summed E-state index contributed by atoms with van der Waals surface area (Å²) in [6, 6.07) is 1.82. The van der Waals surface area contributed by atoms with Gasteiger partial charge in [0.1, 0.15) is 0 Å². The van der Waals surface area contributed by atoms with E-state index in [0.717, 1.165) is 30.1 Å². The van der Waals surface area contributed by atoms with E-state index in [4.69, 9.17) is 4.74 Å². The average molecular weight is 274 g/mol. The normalized spacial score (nSPS) is 10.1. The molecule has 0 saturated carbocycles. The average Bonchev–Trinajstić information content (AvgIpc) is 2.24. The Morgan fingerprint density at radius 3 is 2.73 bits per heavy atom. The number of ether oxygens (including phenoxy) is 1. The monoisotopic (exact) mass is 273 g/mol. The summed E-state index contributed by atoms with van der Waals surface area (Å²) < 4.78 is 5.12. The molecule has 0 atom stereocenters. The minimum atomic E-state index is 0.616. The molecule has 0 radical (unpaired) electrons. The van der Waals surface area contributed by atoms with Gasteiger partial charge in [0.2, 0.25) is 11.8 Å². The van der Waals surface area contributed by atoms with Gasteiger partial charge < -0.3 is 9.64 Å². The van der Waals surface area contributed by atoms with E-state index in [0.29, 0.717) is 5.88 Å². The fourth-order valence-corrected chi connectivity index (χ4v) is 1.70. The summed E-state index contributed by atoms with van der Waals surface area (Å²) in [6.45, 7) is 5.80. The van der Waals surface area contributed by atoms with Crippen LogP contribution in [-0.4, -0.2) is 35.5 Å². The third-order valence-electron chi connectivity index (χ3n) is 2.05. The summed E-state index contributed by atoms with van der Waals surface area (Å²) in [5.41, 5.74) is 0.921. The highest BCUT2D eigenvalue weighted by molar-refractivity contribution is 9.09. The lowest BCUT2D eigenvalue weighted by molar-refractivity contribution is 0.396. The number of methoxy groups -OCH3 is 1. The van der Waals surface area contributed by atoms with Crippen LogP contribution in [0.1, 0.15) is 12.6 Å². The van der Waals surface area contributed by atoms with E-state index in [2.05, 4.69) is 37.7 Å². The van der Waals surface area contributed by atoms with Crippen LogP contribution in [0.25, 0.3) is 0 Å². The molecule has 1 aromatic heterocycles. The van der Waals surface area contributed by atoms with Crippen molar-refractivity contribution in [3.8, 4) is 5.88 Å². The summed E-state index contributed by atoms with van der Waals surface area (Å²) >= 11 is 3.41. The molecule has 1 heterocycles. The second-order valence-corrected chi connectivity index (χ2v) is 3.91. The maximum absolute atomic E-state index is 5.12. The van der Waals surface area contributed by atoms with Crippen molar-refractivity contribution < 1.29 is 4.74 Å². The maximum Gasteiger partial charge on any atom is 0.228 e. The van der Waals surface area contributed by atoms with Gasteiger partial charge in [-0.05, 0) is 13.8 Å². The number of aryl methyl sites for hydroxylation is 1. The largest absolute Gasteiger partial charge is 0.481 e. The molecule has 0 aliphatic rings. The Kier molecular flexibility index (Phi) is 4.81. The molecule has 15 heavy (non-hydrogen) atoms. The van der Waals surface area contributed by atoms with E-state index in [1.807, 2.05) is 13.0 Å². The maximum atomic E-state index is 5.12. The Morgan fingerprint density at radius 1 is 1.47 bits per heavy atom. The Bertz CT molecular complexity index is 320. The zero-order valence-corrected chi connectivity index (χ0v) is 10.9. The number of hydrogen-bond acceptors (Lipinski definition) is 4. The Labute approximate surface area is 98.8 Å². The molecule has 4 nitrogen and oxygen atoms in total. The first-order valence-corrected chi connectivity index (χ1v) is 6.04. The van der Waals surface area contributed by atoms with E-state index >= 15 is 0 Å². The lowest BCUT2D eigenvalue weighted by atomic mass is 10.4. The van der Waals surface area contributed by atoms with Crippen LogP contribution in [0.15, 0.2) is 6.07 Å². The first kappa shape index (κ1) is 12.2. The van der Waals surface area contributed by atoms with E-state index in [1.165, 1.54) is 0 Å². The highest BCUT2D eigenvalue weighted by Crippen LogP contribution is 2.14. The van der Waals surface area contributed by atoms with Gasteiger partial charge in [0.15, 0.2) is 0 Å². The number of anilines is 1. The minimum absolute atomic E-state index is 0.616. The third-order valence-corrected chi connectivity index (χ3v) is 2.40. The second kappa shape index (κ2) is 5.90. The van der Waals surface area contributed by atoms with Crippen LogP contribution in [0.3, 0.4) is 0 Å².